The number of carbonyl (C=O) groups excluding carboxylic acids is 1. The van der Waals surface area contributed by atoms with Crippen molar-refractivity contribution in [3.63, 3.8) is 0 Å². The molecule has 4 heteroatoms. The lowest BCUT2D eigenvalue weighted by atomic mass is 10.2. The summed E-state index contributed by atoms with van der Waals surface area (Å²) in [5.41, 5.74) is 0. The first kappa shape index (κ1) is 10.8. The number of rotatable bonds is 3. The predicted octanol–water partition coefficient (Wildman–Crippen LogP) is 1.25. The Labute approximate surface area is 84.0 Å². The van der Waals surface area contributed by atoms with Crippen molar-refractivity contribution in [1.82, 2.24) is 4.90 Å². The SMILES string of the molecule is COC[C@@H]1CCCN1C(=O)[C@@H](C)Cl. The van der Waals surface area contributed by atoms with Gasteiger partial charge in [0.05, 0.1) is 12.6 Å². The number of alkyl halides is 1. The Morgan fingerprint density at radius 3 is 3.00 bits per heavy atom. The molecule has 0 aromatic carbocycles. The summed E-state index contributed by atoms with van der Waals surface area (Å²) in [4.78, 5) is 13.4. The molecular formula is C9H16ClNO2. The molecule has 0 aliphatic carbocycles. The van der Waals surface area contributed by atoms with Gasteiger partial charge in [0.1, 0.15) is 5.38 Å². The summed E-state index contributed by atoms with van der Waals surface area (Å²) in [6, 6.07) is 0.235. The molecule has 0 bridgehead atoms. The molecule has 1 fully saturated rings. The third-order valence-electron chi connectivity index (χ3n) is 2.36. The monoisotopic (exact) mass is 205 g/mol. The first-order chi connectivity index (χ1) is 6.16. The van der Waals surface area contributed by atoms with Crippen molar-refractivity contribution < 1.29 is 9.53 Å². The van der Waals surface area contributed by atoms with Gasteiger partial charge in [0.2, 0.25) is 5.91 Å². The van der Waals surface area contributed by atoms with Crippen molar-refractivity contribution in [2.24, 2.45) is 0 Å². The number of nitrogens with zero attached hydrogens (tertiary/aromatic N) is 1. The van der Waals surface area contributed by atoms with E-state index in [0.29, 0.717) is 6.61 Å². The Morgan fingerprint density at radius 1 is 1.77 bits per heavy atom. The normalized spacial score (nSPS) is 24.8. The number of halogens is 1. The maximum Gasteiger partial charge on any atom is 0.240 e. The topological polar surface area (TPSA) is 29.5 Å². The lowest BCUT2D eigenvalue weighted by molar-refractivity contribution is -0.132. The first-order valence-corrected chi connectivity index (χ1v) is 5.04. The van der Waals surface area contributed by atoms with Crippen molar-refractivity contribution in [2.45, 2.75) is 31.2 Å². The van der Waals surface area contributed by atoms with Crippen LogP contribution >= 0.6 is 11.6 Å². The molecule has 1 aliphatic rings. The summed E-state index contributed by atoms with van der Waals surface area (Å²) in [5, 5.41) is -0.419. The Balaban J connectivity index is 2.52. The summed E-state index contributed by atoms with van der Waals surface area (Å²) in [6.45, 7) is 3.16. The highest BCUT2D eigenvalue weighted by molar-refractivity contribution is 6.30. The maximum absolute atomic E-state index is 11.6. The van der Waals surface area contributed by atoms with E-state index in [2.05, 4.69) is 0 Å². The highest BCUT2D eigenvalue weighted by atomic mass is 35.5. The van der Waals surface area contributed by atoms with Crippen LogP contribution < -0.4 is 0 Å². The molecule has 2 atom stereocenters. The van der Waals surface area contributed by atoms with Crippen LogP contribution in [0.1, 0.15) is 19.8 Å². The van der Waals surface area contributed by atoms with Gasteiger partial charge >= 0.3 is 0 Å². The molecule has 0 N–H and O–H groups in total. The van der Waals surface area contributed by atoms with Crippen LogP contribution in [0.2, 0.25) is 0 Å². The van der Waals surface area contributed by atoms with Gasteiger partial charge in [-0.3, -0.25) is 4.79 Å². The number of hydrogen-bond acceptors (Lipinski definition) is 2. The minimum absolute atomic E-state index is 0.0289. The van der Waals surface area contributed by atoms with Gasteiger partial charge in [-0.25, -0.2) is 0 Å². The van der Waals surface area contributed by atoms with Crippen molar-refractivity contribution >= 4 is 17.5 Å². The molecule has 0 aromatic heterocycles. The molecule has 1 heterocycles. The number of amides is 1. The predicted molar refractivity (Wildman–Crippen MR) is 51.9 cm³/mol. The Morgan fingerprint density at radius 2 is 2.46 bits per heavy atom. The molecule has 0 unspecified atom stereocenters. The highest BCUT2D eigenvalue weighted by Gasteiger charge is 2.30. The fraction of sp³-hybridized carbons (Fsp3) is 0.889. The van der Waals surface area contributed by atoms with Crippen molar-refractivity contribution in [2.75, 3.05) is 20.3 Å². The number of hydrogen-bond donors (Lipinski definition) is 0. The van der Waals surface area contributed by atoms with Crippen LogP contribution in [-0.2, 0) is 9.53 Å². The summed E-state index contributed by atoms with van der Waals surface area (Å²) in [5.74, 6) is 0.0289. The number of ether oxygens (including phenoxy) is 1. The van der Waals surface area contributed by atoms with Crippen LogP contribution in [-0.4, -0.2) is 42.5 Å². The van der Waals surface area contributed by atoms with E-state index in [-0.39, 0.29) is 11.9 Å². The van der Waals surface area contributed by atoms with Crippen LogP contribution in [0.4, 0.5) is 0 Å². The minimum atomic E-state index is -0.419. The van der Waals surface area contributed by atoms with Crippen LogP contribution in [0.25, 0.3) is 0 Å². The van der Waals surface area contributed by atoms with Gasteiger partial charge in [-0.15, -0.1) is 11.6 Å². The van der Waals surface area contributed by atoms with Gasteiger partial charge in [-0.1, -0.05) is 0 Å². The van der Waals surface area contributed by atoms with E-state index in [9.17, 15) is 4.79 Å². The molecular weight excluding hydrogens is 190 g/mol. The van der Waals surface area contributed by atoms with E-state index >= 15 is 0 Å². The van der Waals surface area contributed by atoms with E-state index < -0.39 is 5.38 Å². The molecule has 1 aliphatic heterocycles. The average molecular weight is 206 g/mol. The van der Waals surface area contributed by atoms with Crippen molar-refractivity contribution in [3.05, 3.63) is 0 Å². The fourth-order valence-electron chi connectivity index (χ4n) is 1.72. The van der Waals surface area contributed by atoms with E-state index in [0.717, 1.165) is 19.4 Å². The van der Waals surface area contributed by atoms with Crippen molar-refractivity contribution in [3.8, 4) is 0 Å². The van der Waals surface area contributed by atoms with E-state index in [1.807, 2.05) is 4.90 Å². The zero-order valence-electron chi connectivity index (χ0n) is 8.12. The summed E-state index contributed by atoms with van der Waals surface area (Å²) in [6.07, 6.45) is 2.09. The molecule has 76 valence electrons. The zero-order valence-corrected chi connectivity index (χ0v) is 8.88. The smallest absolute Gasteiger partial charge is 0.240 e. The van der Waals surface area contributed by atoms with Gasteiger partial charge in [-0.2, -0.15) is 0 Å². The molecule has 0 saturated carbocycles. The average Bonchev–Trinajstić information content (AvgIpc) is 2.52. The maximum atomic E-state index is 11.6. The van der Waals surface area contributed by atoms with E-state index in [1.165, 1.54) is 0 Å². The molecule has 3 nitrogen and oxygen atoms in total. The van der Waals surface area contributed by atoms with Crippen LogP contribution in [0.15, 0.2) is 0 Å². The Hall–Kier alpha value is -0.280. The van der Waals surface area contributed by atoms with Gasteiger partial charge in [0.15, 0.2) is 0 Å². The molecule has 1 rings (SSSR count). The molecule has 1 amide bonds. The number of carbonyl (C=O) groups is 1. The standard InChI is InChI=1S/C9H16ClNO2/c1-7(10)9(12)11-5-3-4-8(11)6-13-2/h7-8H,3-6H2,1-2H3/t7-,8+/m1/s1. The Kier molecular flexibility index (Phi) is 4.00. The molecule has 0 aromatic rings. The molecule has 0 spiro atoms. The Bertz CT molecular complexity index is 184. The second-order valence-electron chi connectivity index (χ2n) is 3.40. The van der Waals surface area contributed by atoms with Gasteiger partial charge in [0.25, 0.3) is 0 Å². The largest absolute Gasteiger partial charge is 0.383 e. The molecule has 1 saturated heterocycles. The van der Waals surface area contributed by atoms with Gasteiger partial charge < -0.3 is 9.64 Å². The highest BCUT2D eigenvalue weighted by Crippen LogP contribution is 2.19. The number of methoxy groups -OCH3 is 1. The minimum Gasteiger partial charge on any atom is -0.383 e. The second kappa shape index (κ2) is 4.82. The number of likely N-dealkylation sites (tertiary alicyclic amines) is 1. The summed E-state index contributed by atoms with van der Waals surface area (Å²) < 4.78 is 5.05. The fourth-order valence-corrected chi connectivity index (χ4v) is 1.85. The summed E-state index contributed by atoms with van der Waals surface area (Å²) >= 11 is 5.74. The van der Waals surface area contributed by atoms with Crippen LogP contribution in [0.3, 0.4) is 0 Å². The van der Waals surface area contributed by atoms with Gasteiger partial charge in [0, 0.05) is 13.7 Å². The van der Waals surface area contributed by atoms with Crippen LogP contribution in [0.5, 0.6) is 0 Å². The van der Waals surface area contributed by atoms with E-state index in [1.54, 1.807) is 14.0 Å². The third kappa shape index (κ3) is 2.58. The third-order valence-corrected chi connectivity index (χ3v) is 2.55. The first-order valence-electron chi connectivity index (χ1n) is 4.60. The van der Waals surface area contributed by atoms with Gasteiger partial charge in [-0.05, 0) is 19.8 Å². The zero-order chi connectivity index (χ0) is 9.84. The van der Waals surface area contributed by atoms with Crippen LogP contribution in [0, 0.1) is 0 Å². The quantitative estimate of drug-likeness (QED) is 0.650. The molecule has 13 heavy (non-hydrogen) atoms. The second-order valence-corrected chi connectivity index (χ2v) is 4.05. The lowest BCUT2D eigenvalue weighted by Crippen LogP contribution is -2.41. The van der Waals surface area contributed by atoms with E-state index in [4.69, 9.17) is 16.3 Å². The van der Waals surface area contributed by atoms with Crippen molar-refractivity contribution in [1.29, 1.82) is 0 Å². The molecule has 0 radical (unpaired) electrons. The lowest BCUT2D eigenvalue weighted by Gasteiger charge is -2.25. The summed E-state index contributed by atoms with van der Waals surface area (Å²) in [7, 11) is 1.66.